The van der Waals surface area contributed by atoms with E-state index in [1.54, 1.807) is 138 Å². The molecule has 3 fully saturated rings. The van der Waals surface area contributed by atoms with E-state index in [1.165, 1.54) is 22.5 Å². The monoisotopic (exact) mass is 621 g/mol. The fourth-order valence-electron chi connectivity index (χ4n) is 5.83. The maximum absolute atomic E-state index is 8.52. The van der Waals surface area contributed by atoms with Crippen molar-refractivity contribution in [2.45, 2.75) is 166 Å². The normalized spacial score (nSPS) is 19.9. The van der Waals surface area contributed by atoms with Crippen molar-refractivity contribution in [2.75, 3.05) is 0 Å². The van der Waals surface area contributed by atoms with Gasteiger partial charge in [0.2, 0.25) is 0 Å². The molecule has 4 rings (SSSR count). The molecule has 3 aliphatic carbocycles. The van der Waals surface area contributed by atoms with E-state index in [-0.39, 0.29) is 7.92 Å². The third-order valence-electron chi connectivity index (χ3n) is 7.15. The van der Waals surface area contributed by atoms with Crippen LogP contribution in [0.25, 0.3) is 0 Å². The molecule has 1 aromatic rings. The van der Waals surface area contributed by atoms with E-state index >= 15 is 0 Å². The van der Waals surface area contributed by atoms with Crippen LogP contribution in [-0.2, 0) is 17.9 Å². The zero-order valence-corrected chi connectivity index (χ0v) is 27.8. The molecule has 3 saturated carbocycles. The molecule has 37 heavy (non-hydrogen) atoms. The zero-order chi connectivity index (χ0) is 27.7. The van der Waals surface area contributed by atoms with Crippen LogP contribution in [0, 0.1) is 0 Å². The summed E-state index contributed by atoms with van der Waals surface area (Å²) in [7, 11) is -0.0465. The summed E-state index contributed by atoms with van der Waals surface area (Å²) >= 11 is 2.48. The fourth-order valence-corrected chi connectivity index (χ4v) is 11.4. The SMILES string of the molecule is C1CCC([PH+](C2CCCCC2)C2CCCCC2)CC1.CC(C)(C)O.CC(C)(C)O.[Ru+]=[CH]c1ccccc1. The number of rotatable bonds is 4. The van der Waals surface area contributed by atoms with Gasteiger partial charge in [-0.1, -0.05) is 19.3 Å². The predicted molar refractivity (Wildman–Crippen MR) is 164 cm³/mol. The summed E-state index contributed by atoms with van der Waals surface area (Å²) in [6.07, 6.45) is 23.8. The van der Waals surface area contributed by atoms with E-state index < -0.39 is 11.2 Å². The van der Waals surface area contributed by atoms with Crippen molar-refractivity contribution in [2.24, 2.45) is 0 Å². The zero-order valence-electron chi connectivity index (χ0n) is 25.1. The third kappa shape index (κ3) is 19.7. The molecule has 0 spiro atoms. The second kappa shape index (κ2) is 19.2. The number of aliphatic hydroxyl groups is 2. The molecule has 0 radical (unpaired) electrons. The van der Waals surface area contributed by atoms with Crippen molar-refractivity contribution >= 4 is 12.5 Å². The Hall–Kier alpha value is 0.0634. The first-order chi connectivity index (χ1) is 17.4. The van der Waals surface area contributed by atoms with Crippen LogP contribution >= 0.6 is 7.92 Å². The van der Waals surface area contributed by atoms with E-state index in [0.29, 0.717) is 0 Å². The van der Waals surface area contributed by atoms with Gasteiger partial charge in [0.05, 0.1) is 28.2 Å². The van der Waals surface area contributed by atoms with Crippen LogP contribution in [0.1, 0.15) is 143 Å². The van der Waals surface area contributed by atoms with Gasteiger partial charge in [-0.3, -0.25) is 0 Å². The Kier molecular flexibility index (Phi) is 18.2. The minimum atomic E-state index is -0.500. The molecule has 3 aliphatic rings. The van der Waals surface area contributed by atoms with Crippen molar-refractivity contribution in [1.82, 2.24) is 0 Å². The second-order valence-electron chi connectivity index (χ2n) is 13.4. The molecule has 0 amide bonds. The van der Waals surface area contributed by atoms with Crippen LogP contribution in [-0.4, -0.2) is 43.0 Å². The molecule has 0 atom stereocenters. The van der Waals surface area contributed by atoms with Crippen molar-refractivity contribution < 1.29 is 28.1 Å². The quantitative estimate of drug-likeness (QED) is 0.260. The number of hydrogen-bond donors (Lipinski definition) is 2. The molecule has 0 heterocycles. The van der Waals surface area contributed by atoms with Gasteiger partial charge >= 0.3 is 58.4 Å². The molecule has 0 saturated heterocycles. The van der Waals surface area contributed by atoms with Gasteiger partial charge in [0.25, 0.3) is 0 Å². The molecule has 0 aromatic heterocycles. The first-order valence-corrected chi connectivity index (χ1v) is 17.9. The van der Waals surface area contributed by atoms with E-state index in [4.69, 9.17) is 10.2 Å². The molecule has 215 valence electrons. The molecule has 0 unspecified atom stereocenters. The average molecular weight is 621 g/mol. The predicted octanol–water partition coefficient (Wildman–Crippen LogP) is 9.14. The van der Waals surface area contributed by atoms with Gasteiger partial charge in [0.1, 0.15) is 0 Å². The Bertz CT molecular complexity index is 610. The van der Waals surface area contributed by atoms with Gasteiger partial charge in [-0.25, -0.2) is 0 Å². The van der Waals surface area contributed by atoms with Crippen LogP contribution in [0.2, 0.25) is 0 Å². The summed E-state index contributed by atoms with van der Waals surface area (Å²) in [5.41, 5.74) is 3.93. The van der Waals surface area contributed by atoms with E-state index in [0.717, 1.165) is 0 Å². The molecular weight excluding hydrogens is 560 g/mol. The number of benzene rings is 1. The van der Waals surface area contributed by atoms with Gasteiger partial charge in [0.15, 0.2) is 0 Å². The summed E-state index contributed by atoms with van der Waals surface area (Å²) in [6, 6.07) is 10.2. The van der Waals surface area contributed by atoms with Crippen molar-refractivity contribution in [1.29, 1.82) is 0 Å². The summed E-state index contributed by atoms with van der Waals surface area (Å²) < 4.78 is 2.01. The summed E-state index contributed by atoms with van der Waals surface area (Å²) in [5.74, 6) is 0. The Morgan fingerprint density at radius 2 is 0.865 bits per heavy atom. The van der Waals surface area contributed by atoms with E-state index in [9.17, 15) is 0 Å². The maximum atomic E-state index is 8.52. The molecule has 2 nitrogen and oxygen atoms in total. The van der Waals surface area contributed by atoms with Crippen molar-refractivity contribution in [3.05, 3.63) is 35.9 Å². The van der Waals surface area contributed by atoms with Gasteiger partial charge in [0, 0.05) is 7.92 Å². The number of hydrogen-bond acceptors (Lipinski definition) is 2. The Balaban J connectivity index is 0.000000313. The van der Waals surface area contributed by atoms with E-state index in [2.05, 4.69) is 30.0 Å². The topological polar surface area (TPSA) is 40.5 Å². The van der Waals surface area contributed by atoms with Crippen molar-refractivity contribution in [3.63, 3.8) is 0 Å². The summed E-state index contributed by atoms with van der Waals surface area (Å²) in [5, 5.41) is 17.0. The molecule has 2 N–H and O–H groups in total. The molecule has 0 aliphatic heterocycles. The molecule has 0 bridgehead atoms. The Morgan fingerprint density at radius 3 is 1.08 bits per heavy atom. The van der Waals surface area contributed by atoms with E-state index in [1.807, 2.05) is 22.8 Å². The Morgan fingerprint density at radius 1 is 0.595 bits per heavy atom. The fraction of sp³-hybridized carbons (Fsp3) is 0.788. The Labute approximate surface area is 241 Å². The average Bonchev–Trinajstić information content (AvgIpc) is 2.85. The van der Waals surface area contributed by atoms with Crippen LogP contribution in [0.4, 0.5) is 0 Å². The van der Waals surface area contributed by atoms with Crippen molar-refractivity contribution in [3.8, 4) is 0 Å². The molecule has 4 heteroatoms. The van der Waals surface area contributed by atoms with Crippen LogP contribution in [0.5, 0.6) is 0 Å². The standard InChI is InChI=1S/C18H33P.C7H6.2C4H10O.Ru/c1-4-10-16(11-5-1)19(17-12-6-2-7-13-17)18-14-8-3-9-15-18;1-7-5-3-2-4-6-7;2*1-4(2,3)5;/h16-18H,1-15H2;1-6H;2*5H,1-3H3;/q;;;;+1/p+1. The van der Waals surface area contributed by atoms with Gasteiger partial charge in [-0.2, -0.15) is 0 Å². The third-order valence-corrected chi connectivity index (χ3v) is 12.3. The van der Waals surface area contributed by atoms with Gasteiger partial charge < -0.3 is 10.2 Å². The minimum absolute atomic E-state index is 0.0465. The molecule has 1 aromatic carbocycles. The van der Waals surface area contributed by atoms with Crippen LogP contribution in [0.3, 0.4) is 0 Å². The first kappa shape index (κ1) is 35.1. The van der Waals surface area contributed by atoms with Crippen LogP contribution < -0.4 is 0 Å². The van der Waals surface area contributed by atoms with Gasteiger partial charge in [-0.15, -0.1) is 0 Å². The molecular formula is C33H60O2PRu+2. The van der Waals surface area contributed by atoms with Crippen LogP contribution in [0.15, 0.2) is 30.3 Å². The summed E-state index contributed by atoms with van der Waals surface area (Å²) in [4.78, 5) is 0. The summed E-state index contributed by atoms with van der Waals surface area (Å²) in [6.45, 7) is 10.5. The second-order valence-corrected chi connectivity index (χ2v) is 17.3. The first-order valence-electron chi connectivity index (χ1n) is 15.2. The van der Waals surface area contributed by atoms with Gasteiger partial charge in [-0.05, 0) is 119 Å².